The molecule has 1 aromatic rings. The second-order valence-electron chi connectivity index (χ2n) is 5.89. The second kappa shape index (κ2) is 8.82. The summed E-state index contributed by atoms with van der Waals surface area (Å²) in [5, 5.41) is 3.31. The predicted octanol–water partition coefficient (Wildman–Crippen LogP) is 2.81. The van der Waals surface area contributed by atoms with Crippen LogP contribution in [0.4, 0.5) is 11.6 Å². The number of aromatic nitrogens is 2. The average molecular weight is 293 g/mol. The van der Waals surface area contributed by atoms with Crippen molar-refractivity contribution in [2.45, 2.75) is 40.0 Å². The number of hydrogen-bond donors (Lipinski definition) is 1. The van der Waals surface area contributed by atoms with Gasteiger partial charge in [0.15, 0.2) is 0 Å². The Morgan fingerprint density at radius 2 is 1.86 bits per heavy atom. The van der Waals surface area contributed by atoms with Gasteiger partial charge in [0.2, 0.25) is 0 Å². The minimum atomic E-state index is 0.336. The fraction of sp³-hybridized carbons (Fsp3) is 0.750. The van der Waals surface area contributed by atoms with E-state index in [1.165, 1.54) is 0 Å². The Morgan fingerprint density at radius 3 is 2.38 bits per heavy atom. The zero-order chi connectivity index (χ0) is 15.8. The lowest BCUT2D eigenvalue weighted by Crippen LogP contribution is -2.28. The van der Waals surface area contributed by atoms with Crippen molar-refractivity contribution in [2.24, 2.45) is 0 Å². The van der Waals surface area contributed by atoms with Crippen LogP contribution in [0.1, 0.15) is 45.9 Å². The van der Waals surface area contributed by atoms with Crippen LogP contribution in [0.5, 0.6) is 0 Å². The summed E-state index contributed by atoms with van der Waals surface area (Å²) in [4.78, 5) is 13.9. The molecule has 0 atom stereocenters. The molecule has 1 heterocycles. The highest BCUT2D eigenvalue weighted by molar-refractivity contribution is 5.49. The van der Waals surface area contributed by atoms with Gasteiger partial charge >= 0.3 is 0 Å². The molecule has 1 N–H and O–H groups in total. The van der Waals surface area contributed by atoms with Crippen molar-refractivity contribution >= 4 is 11.6 Å². The number of rotatable bonds is 9. The fourth-order valence-electron chi connectivity index (χ4n) is 2.16. The zero-order valence-corrected chi connectivity index (χ0v) is 14.5. The summed E-state index contributed by atoms with van der Waals surface area (Å²) in [7, 11) is 4.22. The monoisotopic (exact) mass is 293 g/mol. The van der Waals surface area contributed by atoms with Crippen LogP contribution in [0.25, 0.3) is 0 Å². The van der Waals surface area contributed by atoms with Crippen LogP contribution in [0, 0.1) is 0 Å². The Hall–Kier alpha value is -1.36. The zero-order valence-electron chi connectivity index (χ0n) is 14.5. The largest absolute Gasteiger partial charge is 0.370 e. The van der Waals surface area contributed by atoms with E-state index < -0.39 is 0 Å². The third kappa shape index (κ3) is 5.87. The van der Waals surface area contributed by atoms with Gasteiger partial charge in [-0.25, -0.2) is 9.97 Å². The van der Waals surface area contributed by atoms with Crippen LogP contribution >= 0.6 is 0 Å². The minimum absolute atomic E-state index is 0.336. The Balaban J connectivity index is 2.90. The summed E-state index contributed by atoms with van der Waals surface area (Å²) >= 11 is 0. The number of hydrogen-bond acceptors (Lipinski definition) is 5. The molecule has 0 spiro atoms. The van der Waals surface area contributed by atoms with Crippen molar-refractivity contribution in [2.75, 3.05) is 50.5 Å². The van der Waals surface area contributed by atoms with Gasteiger partial charge in [0.25, 0.3) is 0 Å². The predicted molar refractivity (Wildman–Crippen MR) is 91.3 cm³/mol. The third-order valence-corrected chi connectivity index (χ3v) is 3.34. The van der Waals surface area contributed by atoms with E-state index in [9.17, 15) is 0 Å². The van der Waals surface area contributed by atoms with Crippen molar-refractivity contribution in [1.29, 1.82) is 0 Å². The molecule has 0 aliphatic heterocycles. The van der Waals surface area contributed by atoms with E-state index in [0.717, 1.165) is 50.1 Å². The molecule has 0 radical (unpaired) electrons. The van der Waals surface area contributed by atoms with Crippen LogP contribution in [0.3, 0.4) is 0 Å². The molecule has 120 valence electrons. The van der Waals surface area contributed by atoms with Crippen molar-refractivity contribution in [1.82, 2.24) is 14.9 Å². The maximum absolute atomic E-state index is 4.75. The maximum atomic E-state index is 4.75. The van der Waals surface area contributed by atoms with E-state index in [4.69, 9.17) is 4.98 Å². The molecule has 1 rings (SSSR count). The van der Waals surface area contributed by atoms with Crippen molar-refractivity contribution in [3.05, 3.63) is 11.9 Å². The van der Waals surface area contributed by atoms with Gasteiger partial charge in [-0.2, -0.15) is 0 Å². The van der Waals surface area contributed by atoms with Crippen LogP contribution in [0.15, 0.2) is 6.07 Å². The molecule has 0 saturated heterocycles. The summed E-state index contributed by atoms with van der Waals surface area (Å²) in [5.41, 5.74) is 0. The number of nitrogens with one attached hydrogen (secondary N) is 1. The number of anilines is 2. The standard InChI is InChI=1S/C16H31N5/c1-7-17-14-12-15(19-16(18-14)13(3)4)21(8-2)11-9-10-20(5)6/h12-13H,7-11H2,1-6H3,(H,17,18,19). The molecule has 21 heavy (non-hydrogen) atoms. The van der Waals surface area contributed by atoms with Crippen LogP contribution in [-0.4, -0.2) is 55.1 Å². The first-order chi connectivity index (χ1) is 9.97. The Kier molecular flexibility index (Phi) is 7.43. The smallest absolute Gasteiger partial charge is 0.135 e. The number of nitrogens with zero attached hydrogens (tertiary/aromatic N) is 4. The highest BCUT2D eigenvalue weighted by atomic mass is 15.2. The Morgan fingerprint density at radius 1 is 1.14 bits per heavy atom. The summed E-state index contributed by atoms with van der Waals surface area (Å²) in [6, 6.07) is 2.06. The van der Waals surface area contributed by atoms with Gasteiger partial charge in [0.05, 0.1) is 0 Å². The molecule has 0 fully saturated rings. The molecule has 1 aromatic heterocycles. The van der Waals surface area contributed by atoms with E-state index in [0.29, 0.717) is 5.92 Å². The van der Waals surface area contributed by atoms with E-state index in [1.54, 1.807) is 0 Å². The molecule has 0 saturated carbocycles. The van der Waals surface area contributed by atoms with E-state index >= 15 is 0 Å². The third-order valence-electron chi connectivity index (χ3n) is 3.34. The minimum Gasteiger partial charge on any atom is -0.370 e. The SMILES string of the molecule is CCNc1cc(N(CC)CCCN(C)C)nc(C(C)C)n1. The molecule has 5 heteroatoms. The van der Waals surface area contributed by atoms with Gasteiger partial charge in [0.1, 0.15) is 17.5 Å². The van der Waals surface area contributed by atoms with Gasteiger partial charge in [-0.15, -0.1) is 0 Å². The summed E-state index contributed by atoms with van der Waals surface area (Å²) in [6.07, 6.45) is 1.14. The lowest BCUT2D eigenvalue weighted by molar-refractivity contribution is 0.400. The van der Waals surface area contributed by atoms with Gasteiger partial charge < -0.3 is 15.1 Å². The summed E-state index contributed by atoms with van der Waals surface area (Å²) < 4.78 is 0. The molecule has 0 aliphatic carbocycles. The molecule has 0 aliphatic rings. The molecule has 0 unspecified atom stereocenters. The van der Waals surface area contributed by atoms with Crippen molar-refractivity contribution < 1.29 is 0 Å². The first kappa shape index (κ1) is 17.7. The van der Waals surface area contributed by atoms with E-state index in [1.807, 2.05) is 0 Å². The fourth-order valence-corrected chi connectivity index (χ4v) is 2.16. The average Bonchev–Trinajstić information content (AvgIpc) is 2.43. The van der Waals surface area contributed by atoms with Gasteiger partial charge in [0, 0.05) is 31.6 Å². The van der Waals surface area contributed by atoms with E-state index in [2.05, 4.69) is 68.0 Å². The van der Waals surface area contributed by atoms with Crippen molar-refractivity contribution in [3.8, 4) is 0 Å². The molecule has 0 bridgehead atoms. The van der Waals surface area contributed by atoms with Crippen LogP contribution < -0.4 is 10.2 Å². The molecule has 0 amide bonds. The summed E-state index contributed by atoms with van der Waals surface area (Å²) in [6.45, 7) is 12.5. The van der Waals surface area contributed by atoms with Crippen molar-refractivity contribution in [3.63, 3.8) is 0 Å². The first-order valence-electron chi connectivity index (χ1n) is 8.00. The Labute approximate surface area is 129 Å². The van der Waals surface area contributed by atoms with Crippen LogP contribution in [-0.2, 0) is 0 Å². The highest BCUT2D eigenvalue weighted by Gasteiger charge is 2.12. The molecular weight excluding hydrogens is 262 g/mol. The van der Waals surface area contributed by atoms with Gasteiger partial charge in [-0.05, 0) is 40.9 Å². The van der Waals surface area contributed by atoms with E-state index in [-0.39, 0.29) is 0 Å². The normalized spacial score (nSPS) is 11.2. The molecule has 5 nitrogen and oxygen atoms in total. The van der Waals surface area contributed by atoms with Crippen LogP contribution in [0.2, 0.25) is 0 Å². The second-order valence-corrected chi connectivity index (χ2v) is 5.89. The summed E-state index contributed by atoms with van der Waals surface area (Å²) in [5.74, 6) is 3.21. The molecule has 0 aromatic carbocycles. The quantitative estimate of drug-likeness (QED) is 0.758. The highest BCUT2D eigenvalue weighted by Crippen LogP contribution is 2.20. The lowest BCUT2D eigenvalue weighted by atomic mass is 10.2. The molecular formula is C16H31N5. The topological polar surface area (TPSA) is 44.3 Å². The lowest BCUT2D eigenvalue weighted by Gasteiger charge is -2.24. The van der Waals surface area contributed by atoms with Gasteiger partial charge in [-0.1, -0.05) is 13.8 Å². The Bertz CT molecular complexity index is 417. The maximum Gasteiger partial charge on any atom is 0.135 e. The first-order valence-corrected chi connectivity index (χ1v) is 8.00. The van der Waals surface area contributed by atoms with Gasteiger partial charge in [-0.3, -0.25) is 0 Å².